The molecule has 1 atom stereocenters. The van der Waals surface area contributed by atoms with Gasteiger partial charge in [0.25, 0.3) is 0 Å². The molecular formula is C10H13Cl2NS. The molecule has 0 aliphatic heterocycles. The van der Waals surface area contributed by atoms with E-state index in [4.69, 9.17) is 23.2 Å². The topological polar surface area (TPSA) is 12.0 Å². The Hall–Kier alpha value is -0.0200. The molecule has 1 nitrogen and oxygen atoms in total. The summed E-state index contributed by atoms with van der Waals surface area (Å²) in [6, 6.07) is 4.29. The number of hydrogen-bond acceptors (Lipinski definition) is 2. The van der Waals surface area contributed by atoms with Crippen molar-refractivity contribution in [2.24, 2.45) is 0 Å². The third-order valence-corrected chi connectivity index (χ3v) is 3.36. The highest BCUT2D eigenvalue weighted by Crippen LogP contribution is 2.28. The Morgan fingerprint density at radius 2 is 2.36 bits per heavy atom. The van der Waals surface area contributed by atoms with E-state index in [1.54, 1.807) is 11.3 Å². The van der Waals surface area contributed by atoms with E-state index < -0.39 is 0 Å². The highest BCUT2D eigenvalue weighted by atomic mass is 35.5. The number of nitrogens with one attached hydrogen (secondary N) is 1. The van der Waals surface area contributed by atoms with Crippen molar-refractivity contribution in [2.45, 2.75) is 19.4 Å². The van der Waals surface area contributed by atoms with E-state index in [1.165, 1.54) is 4.88 Å². The van der Waals surface area contributed by atoms with E-state index in [0.29, 0.717) is 17.6 Å². The summed E-state index contributed by atoms with van der Waals surface area (Å²) >= 11 is 13.2. The van der Waals surface area contributed by atoms with Gasteiger partial charge in [0.1, 0.15) is 0 Å². The van der Waals surface area contributed by atoms with E-state index in [1.807, 2.05) is 12.1 Å². The average molecular weight is 250 g/mol. The molecule has 0 fully saturated rings. The van der Waals surface area contributed by atoms with Crippen molar-refractivity contribution < 1.29 is 0 Å². The fraction of sp³-hybridized carbons (Fsp3) is 0.400. The smallest absolute Gasteiger partial charge is 0.0931 e. The standard InChI is InChI=1S/C10H13Cl2NS/c1-3-8(13-6-7(2)11)9-4-5-10(12)14-9/h4-5,8,13H,2-3,6H2,1H3. The van der Waals surface area contributed by atoms with E-state index in [-0.39, 0.29) is 0 Å². The largest absolute Gasteiger partial charge is 0.304 e. The predicted molar refractivity (Wildman–Crippen MR) is 65.4 cm³/mol. The van der Waals surface area contributed by atoms with E-state index in [9.17, 15) is 0 Å². The zero-order valence-corrected chi connectivity index (χ0v) is 10.3. The minimum Gasteiger partial charge on any atom is -0.304 e. The quantitative estimate of drug-likeness (QED) is 0.826. The van der Waals surface area contributed by atoms with Crippen LogP contribution in [0.15, 0.2) is 23.7 Å². The second-order valence-corrected chi connectivity index (χ2v) is 5.28. The molecule has 0 amide bonds. The van der Waals surface area contributed by atoms with Crippen LogP contribution in [0.4, 0.5) is 0 Å². The zero-order valence-electron chi connectivity index (χ0n) is 8.02. The number of hydrogen-bond donors (Lipinski definition) is 1. The molecule has 0 spiro atoms. The Morgan fingerprint density at radius 1 is 1.64 bits per heavy atom. The van der Waals surface area contributed by atoms with E-state index in [2.05, 4.69) is 18.8 Å². The minimum atomic E-state index is 0.322. The molecular weight excluding hydrogens is 237 g/mol. The van der Waals surface area contributed by atoms with Crippen molar-refractivity contribution in [3.05, 3.63) is 33.0 Å². The monoisotopic (exact) mass is 249 g/mol. The molecule has 1 aromatic heterocycles. The predicted octanol–water partition coefficient (Wildman–Crippen LogP) is 4.19. The summed E-state index contributed by atoms with van der Waals surface area (Å²) < 4.78 is 0.824. The van der Waals surface area contributed by atoms with Crippen LogP contribution in [0.3, 0.4) is 0 Å². The lowest BCUT2D eigenvalue weighted by atomic mass is 10.2. The second kappa shape index (κ2) is 5.76. The number of halogens is 2. The molecule has 78 valence electrons. The summed E-state index contributed by atoms with van der Waals surface area (Å²) in [6.45, 7) is 6.40. The lowest BCUT2D eigenvalue weighted by Crippen LogP contribution is -2.20. The summed E-state index contributed by atoms with van der Waals surface area (Å²) in [5, 5.41) is 3.95. The van der Waals surface area contributed by atoms with Gasteiger partial charge in [-0.2, -0.15) is 0 Å². The number of thiophene rings is 1. The van der Waals surface area contributed by atoms with Crippen LogP contribution in [0.2, 0.25) is 4.34 Å². The van der Waals surface area contributed by atoms with Crippen LogP contribution in [0.5, 0.6) is 0 Å². The Kier molecular flexibility index (Phi) is 4.96. The molecule has 0 bridgehead atoms. The molecule has 1 aromatic rings. The van der Waals surface area contributed by atoms with Crippen LogP contribution in [0.25, 0.3) is 0 Å². The van der Waals surface area contributed by atoms with E-state index >= 15 is 0 Å². The fourth-order valence-corrected chi connectivity index (χ4v) is 2.49. The lowest BCUT2D eigenvalue weighted by Gasteiger charge is -2.14. The maximum absolute atomic E-state index is 5.87. The van der Waals surface area contributed by atoms with Gasteiger partial charge in [-0.1, -0.05) is 36.7 Å². The first-order chi connectivity index (χ1) is 6.63. The molecule has 1 unspecified atom stereocenters. The van der Waals surface area contributed by atoms with Crippen molar-refractivity contribution in [1.29, 1.82) is 0 Å². The summed E-state index contributed by atoms with van der Waals surface area (Å²) in [5.74, 6) is 0. The average Bonchev–Trinajstić information content (AvgIpc) is 2.53. The van der Waals surface area contributed by atoms with Gasteiger partial charge in [0.2, 0.25) is 0 Å². The summed E-state index contributed by atoms with van der Waals surface area (Å²) in [6.07, 6.45) is 1.01. The van der Waals surface area contributed by atoms with Gasteiger partial charge in [-0.25, -0.2) is 0 Å². The maximum Gasteiger partial charge on any atom is 0.0931 e. The van der Waals surface area contributed by atoms with Gasteiger partial charge >= 0.3 is 0 Å². The molecule has 0 radical (unpaired) electrons. The Labute approximate surface area is 98.7 Å². The Morgan fingerprint density at radius 3 is 2.79 bits per heavy atom. The lowest BCUT2D eigenvalue weighted by molar-refractivity contribution is 0.558. The van der Waals surface area contributed by atoms with Crippen LogP contribution in [-0.2, 0) is 0 Å². The first-order valence-corrected chi connectivity index (χ1v) is 6.02. The maximum atomic E-state index is 5.87. The van der Waals surface area contributed by atoms with Gasteiger partial charge in [-0.15, -0.1) is 11.3 Å². The molecule has 0 saturated carbocycles. The van der Waals surface area contributed by atoms with Crippen LogP contribution >= 0.6 is 34.5 Å². The highest BCUT2D eigenvalue weighted by molar-refractivity contribution is 7.16. The molecule has 1 rings (SSSR count). The van der Waals surface area contributed by atoms with Crippen molar-refractivity contribution >= 4 is 34.5 Å². The first-order valence-electron chi connectivity index (χ1n) is 4.45. The van der Waals surface area contributed by atoms with Crippen LogP contribution in [0, 0.1) is 0 Å². The molecule has 0 saturated heterocycles. The molecule has 4 heteroatoms. The normalized spacial score (nSPS) is 12.8. The van der Waals surface area contributed by atoms with Crippen molar-refractivity contribution in [2.75, 3.05) is 6.54 Å². The van der Waals surface area contributed by atoms with Gasteiger partial charge in [0, 0.05) is 22.5 Å². The van der Waals surface area contributed by atoms with E-state index in [0.717, 1.165) is 10.8 Å². The Balaban J connectivity index is 2.58. The Bertz CT molecular complexity index is 309. The van der Waals surface area contributed by atoms with Crippen LogP contribution in [0.1, 0.15) is 24.3 Å². The molecule has 0 aromatic carbocycles. The zero-order chi connectivity index (χ0) is 10.6. The third kappa shape index (κ3) is 3.62. The molecule has 1 N–H and O–H groups in total. The van der Waals surface area contributed by atoms with Gasteiger partial charge in [-0.3, -0.25) is 0 Å². The fourth-order valence-electron chi connectivity index (χ4n) is 1.20. The molecule has 14 heavy (non-hydrogen) atoms. The first kappa shape index (κ1) is 12.1. The SMILES string of the molecule is C=C(Cl)CNC(CC)c1ccc(Cl)s1. The van der Waals surface area contributed by atoms with Crippen molar-refractivity contribution in [1.82, 2.24) is 5.32 Å². The summed E-state index contributed by atoms with van der Waals surface area (Å²) in [7, 11) is 0. The molecule has 1 heterocycles. The van der Waals surface area contributed by atoms with Crippen LogP contribution in [-0.4, -0.2) is 6.54 Å². The number of rotatable bonds is 5. The second-order valence-electron chi connectivity index (χ2n) is 3.00. The van der Waals surface area contributed by atoms with Gasteiger partial charge < -0.3 is 5.32 Å². The summed E-state index contributed by atoms with van der Waals surface area (Å²) in [5.41, 5.74) is 0. The van der Waals surface area contributed by atoms with Crippen molar-refractivity contribution in [3.63, 3.8) is 0 Å². The highest BCUT2D eigenvalue weighted by Gasteiger charge is 2.10. The van der Waals surface area contributed by atoms with Gasteiger partial charge in [-0.05, 0) is 18.6 Å². The van der Waals surface area contributed by atoms with Gasteiger partial charge in [0.05, 0.1) is 4.34 Å². The molecule has 0 aliphatic rings. The third-order valence-electron chi connectivity index (χ3n) is 1.89. The van der Waals surface area contributed by atoms with Crippen LogP contribution < -0.4 is 5.32 Å². The minimum absolute atomic E-state index is 0.322. The van der Waals surface area contributed by atoms with Crippen molar-refractivity contribution in [3.8, 4) is 0 Å². The van der Waals surface area contributed by atoms with Gasteiger partial charge in [0.15, 0.2) is 0 Å². The molecule has 0 aliphatic carbocycles. The summed E-state index contributed by atoms with van der Waals surface area (Å²) in [4.78, 5) is 1.25.